The summed E-state index contributed by atoms with van der Waals surface area (Å²) >= 11 is 0. The number of H-pyrrole nitrogens is 1. The molecule has 2 aromatic rings. The molecule has 0 bridgehead atoms. The van der Waals surface area contributed by atoms with E-state index in [0.717, 1.165) is 5.56 Å². The minimum absolute atomic E-state index is 0.215. The van der Waals surface area contributed by atoms with Crippen molar-refractivity contribution >= 4 is 0 Å². The van der Waals surface area contributed by atoms with Gasteiger partial charge < -0.3 is 10.1 Å². The van der Waals surface area contributed by atoms with Crippen molar-refractivity contribution in [3.8, 4) is 5.88 Å². The Morgan fingerprint density at radius 1 is 1.38 bits per heavy atom. The smallest absolute Gasteiger partial charge is 0.257 e. The molecule has 0 aromatic carbocycles. The van der Waals surface area contributed by atoms with E-state index in [1.165, 1.54) is 6.92 Å². The lowest BCUT2D eigenvalue weighted by Gasteiger charge is -2.02. The molecular weight excluding hydrogens is 206 g/mol. The standard InChI is InChI=1S/C11H11N3O2/c1-7-10(15)13-9(14-11(7)16)6-8-2-4-12-5-3-8/h2-5H,6H2,1H3,(H2,13,14,15,16). The van der Waals surface area contributed by atoms with E-state index in [9.17, 15) is 9.90 Å². The molecule has 5 nitrogen and oxygen atoms in total. The van der Waals surface area contributed by atoms with E-state index in [-0.39, 0.29) is 17.0 Å². The second kappa shape index (κ2) is 4.14. The molecule has 5 heteroatoms. The van der Waals surface area contributed by atoms with Crippen LogP contribution < -0.4 is 5.56 Å². The molecule has 0 aliphatic carbocycles. The number of aromatic amines is 1. The number of nitrogens with zero attached hydrogens (tertiary/aromatic N) is 2. The van der Waals surface area contributed by atoms with Crippen molar-refractivity contribution < 1.29 is 5.11 Å². The van der Waals surface area contributed by atoms with Crippen molar-refractivity contribution in [2.75, 3.05) is 0 Å². The minimum Gasteiger partial charge on any atom is -0.493 e. The van der Waals surface area contributed by atoms with Crippen LogP contribution >= 0.6 is 0 Å². The van der Waals surface area contributed by atoms with Gasteiger partial charge in [0, 0.05) is 18.8 Å². The fourth-order valence-corrected chi connectivity index (χ4v) is 1.34. The molecule has 0 saturated heterocycles. The van der Waals surface area contributed by atoms with Gasteiger partial charge in [-0.1, -0.05) is 0 Å². The van der Waals surface area contributed by atoms with Crippen LogP contribution in [0, 0.1) is 6.92 Å². The predicted octanol–water partition coefficient (Wildman–Crippen LogP) is 0.770. The Labute approximate surface area is 91.8 Å². The van der Waals surface area contributed by atoms with Crippen LogP contribution in [0.5, 0.6) is 5.88 Å². The fraction of sp³-hybridized carbons (Fsp3) is 0.182. The summed E-state index contributed by atoms with van der Waals surface area (Å²) < 4.78 is 0. The zero-order chi connectivity index (χ0) is 11.5. The maximum atomic E-state index is 11.4. The Morgan fingerprint density at radius 3 is 2.69 bits per heavy atom. The van der Waals surface area contributed by atoms with Gasteiger partial charge in [0.1, 0.15) is 5.82 Å². The van der Waals surface area contributed by atoms with Crippen LogP contribution in [0.2, 0.25) is 0 Å². The first-order chi connectivity index (χ1) is 7.66. The topological polar surface area (TPSA) is 78.9 Å². The van der Waals surface area contributed by atoms with Gasteiger partial charge in [-0.2, -0.15) is 4.98 Å². The first-order valence-corrected chi connectivity index (χ1v) is 4.84. The van der Waals surface area contributed by atoms with E-state index in [2.05, 4.69) is 15.0 Å². The molecule has 0 amide bonds. The molecule has 0 radical (unpaired) electrons. The summed E-state index contributed by atoms with van der Waals surface area (Å²) in [4.78, 5) is 21.8. The normalized spacial score (nSPS) is 10.3. The molecule has 0 spiro atoms. The SMILES string of the molecule is Cc1c(O)nc(Cc2ccncc2)[nH]c1=O. The third-order valence-corrected chi connectivity index (χ3v) is 2.30. The first kappa shape index (κ1) is 10.4. The lowest BCUT2D eigenvalue weighted by molar-refractivity contribution is 0.443. The Kier molecular flexibility index (Phi) is 2.68. The highest BCUT2D eigenvalue weighted by atomic mass is 16.3. The number of hydrogen-bond acceptors (Lipinski definition) is 4. The fourth-order valence-electron chi connectivity index (χ4n) is 1.34. The lowest BCUT2D eigenvalue weighted by atomic mass is 10.2. The van der Waals surface area contributed by atoms with Crippen LogP contribution in [0.3, 0.4) is 0 Å². The summed E-state index contributed by atoms with van der Waals surface area (Å²) in [6.45, 7) is 1.53. The molecule has 2 N–H and O–H groups in total. The summed E-state index contributed by atoms with van der Waals surface area (Å²) in [5.41, 5.74) is 0.899. The third-order valence-electron chi connectivity index (χ3n) is 2.30. The maximum absolute atomic E-state index is 11.4. The first-order valence-electron chi connectivity index (χ1n) is 4.84. The van der Waals surface area contributed by atoms with Crippen LogP contribution in [0.4, 0.5) is 0 Å². The Hall–Kier alpha value is -2.17. The molecule has 82 valence electrons. The molecule has 2 aromatic heterocycles. The van der Waals surface area contributed by atoms with Gasteiger partial charge >= 0.3 is 0 Å². The third kappa shape index (κ3) is 2.08. The zero-order valence-corrected chi connectivity index (χ0v) is 8.77. The van der Waals surface area contributed by atoms with Gasteiger partial charge in [0.05, 0.1) is 5.56 Å². The highest BCUT2D eigenvalue weighted by Crippen LogP contribution is 2.09. The van der Waals surface area contributed by atoms with Crippen molar-refractivity contribution in [1.29, 1.82) is 0 Å². The van der Waals surface area contributed by atoms with E-state index >= 15 is 0 Å². The molecule has 0 atom stereocenters. The quantitative estimate of drug-likeness (QED) is 0.778. The summed E-state index contributed by atoms with van der Waals surface area (Å²) in [6.07, 6.45) is 3.80. The van der Waals surface area contributed by atoms with E-state index in [0.29, 0.717) is 12.2 Å². The molecular formula is C11H11N3O2. The molecule has 0 aliphatic heterocycles. The molecule has 0 unspecified atom stereocenters. The number of aromatic nitrogens is 3. The average molecular weight is 217 g/mol. The van der Waals surface area contributed by atoms with Crippen molar-refractivity contribution in [2.24, 2.45) is 0 Å². The molecule has 0 fully saturated rings. The van der Waals surface area contributed by atoms with E-state index in [1.54, 1.807) is 12.4 Å². The molecule has 0 saturated carbocycles. The lowest BCUT2D eigenvalue weighted by Crippen LogP contribution is -2.14. The maximum Gasteiger partial charge on any atom is 0.257 e. The summed E-state index contributed by atoms with van der Waals surface area (Å²) in [7, 11) is 0. The van der Waals surface area contributed by atoms with Crippen molar-refractivity contribution in [2.45, 2.75) is 13.3 Å². The highest BCUT2D eigenvalue weighted by molar-refractivity contribution is 5.23. The number of nitrogens with one attached hydrogen (secondary N) is 1. The Balaban J connectivity index is 2.33. The predicted molar refractivity (Wildman–Crippen MR) is 58.3 cm³/mol. The van der Waals surface area contributed by atoms with E-state index in [1.807, 2.05) is 12.1 Å². The number of aromatic hydroxyl groups is 1. The van der Waals surface area contributed by atoms with E-state index in [4.69, 9.17) is 0 Å². The van der Waals surface area contributed by atoms with Crippen molar-refractivity contribution in [3.63, 3.8) is 0 Å². The molecule has 2 rings (SSSR count). The van der Waals surface area contributed by atoms with Gasteiger partial charge in [0.25, 0.3) is 5.56 Å². The molecule has 0 aliphatic rings. The van der Waals surface area contributed by atoms with Crippen LogP contribution in [-0.2, 0) is 6.42 Å². The second-order valence-electron chi connectivity index (χ2n) is 3.49. The molecule has 2 heterocycles. The monoisotopic (exact) mass is 217 g/mol. The second-order valence-corrected chi connectivity index (χ2v) is 3.49. The van der Waals surface area contributed by atoms with Crippen LogP contribution in [-0.4, -0.2) is 20.1 Å². The van der Waals surface area contributed by atoms with Crippen LogP contribution in [0.25, 0.3) is 0 Å². The highest BCUT2D eigenvalue weighted by Gasteiger charge is 2.06. The Bertz CT molecular complexity index is 549. The van der Waals surface area contributed by atoms with Gasteiger partial charge in [0.15, 0.2) is 0 Å². The summed E-state index contributed by atoms with van der Waals surface area (Å²) in [6, 6.07) is 3.66. The van der Waals surface area contributed by atoms with Gasteiger partial charge in [-0.25, -0.2) is 0 Å². The average Bonchev–Trinajstić information content (AvgIpc) is 2.27. The summed E-state index contributed by atoms with van der Waals surface area (Å²) in [5.74, 6) is 0.229. The minimum atomic E-state index is -0.309. The van der Waals surface area contributed by atoms with Crippen LogP contribution in [0.15, 0.2) is 29.3 Å². The zero-order valence-electron chi connectivity index (χ0n) is 8.77. The number of hydrogen-bond donors (Lipinski definition) is 2. The van der Waals surface area contributed by atoms with Crippen molar-refractivity contribution in [1.82, 2.24) is 15.0 Å². The molecule has 16 heavy (non-hydrogen) atoms. The van der Waals surface area contributed by atoms with Crippen molar-refractivity contribution in [3.05, 3.63) is 51.8 Å². The van der Waals surface area contributed by atoms with Gasteiger partial charge in [-0.15, -0.1) is 0 Å². The van der Waals surface area contributed by atoms with Crippen LogP contribution in [0.1, 0.15) is 17.0 Å². The van der Waals surface area contributed by atoms with E-state index < -0.39 is 0 Å². The van der Waals surface area contributed by atoms with Gasteiger partial charge in [-0.3, -0.25) is 9.78 Å². The number of rotatable bonds is 2. The largest absolute Gasteiger partial charge is 0.493 e. The summed E-state index contributed by atoms with van der Waals surface area (Å²) in [5, 5.41) is 9.42. The van der Waals surface area contributed by atoms with Gasteiger partial charge in [-0.05, 0) is 24.6 Å². The Morgan fingerprint density at radius 2 is 2.06 bits per heavy atom. The van der Waals surface area contributed by atoms with Gasteiger partial charge in [0.2, 0.25) is 5.88 Å². The number of pyridine rings is 1.